The van der Waals surface area contributed by atoms with E-state index < -0.39 is 30.0 Å². The molecule has 1 heterocycles. The molecule has 5 nitrogen and oxygen atoms in total. The summed E-state index contributed by atoms with van der Waals surface area (Å²) < 4.78 is 40.1. The van der Waals surface area contributed by atoms with Crippen molar-refractivity contribution in [2.75, 3.05) is 0 Å². The zero-order valence-corrected chi connectivity index (χ0v) is 7.82. The monoisotopic (exact) mass is 225 g/mol. The minimum Gasteiger partial charge on any atom is -0.383 e. The van der Waals surface area contributed by atoms with E-state index in [9.17, 15) is 18.3 Å². The van der Waals surface area contributed by atoms with Gasteiger partial charge in [-0.05, 0) is 6.42 Å². The second-order valence-electron chi connectivity index (χ2n) is 2.97. The Balaban J connectivity index is 2.85. The molecule has 15 heavy (non-hydrogen) atoms. The van der Waals surface area contributed by atoms with E-state index in [0.29, 0.717) is 6.42 Å². The molecule has 0 amide bonds. The predicted molar refractivity (Wildman–Crippen MR) is 42.5 cm³/mol. The largest absolute Gasteiger partial charge is 0.471 e. The van der Waals surface area contributed by atoms with Crippen molar-refractivity contribution >= 4 is 0 Å². The van der Waals surface area contributed by atoms with Crippen LogP contribution in [0.5, 0.6) is 0 Å². The van der Waals surface area contributed by atoms with E-state index >= 15 is 0 Å². The van der Waals surface area contributed by atoms with Crippen molar-refractivity contribution in [2.24, 2.45) is 5.73 Å². The summed E-state index contributed by atoms with van der Waals surface area (Å²) in [5.74, 6) is -1.93. The van der Waals surface area contributed by atoms with Gasteiger partial charge in [-0.1, -0.05) is 12.1 Å². The molecule has 2 atom stereocenters. The van der Waals surface area contributed by atoms with Crippen molar-refractivity contribution in [1.82, 2.24) is 10.1 Å². The average Bonchev–Trinajstić information content (AvgIpc) is 2.63. The summed E-state index contributed by atoms with van der Waals surface area (Å²) in [4.78, 5) is 3.02. The number of alkyl halides is 3. The van der Waals surface area contributed by atoms with Crippen molar-refractivity contribution in [2.45, 2.75) is 31.7 Å². The van der Waals surface area contributed by atoms with Crippen molar-refractivity contribution in [3.05, 3.63) is 11.7 Å². The van der Waals surface area contributed by atoms with E-state index in [4.69, 9.17) is 5.73 Å². The standard InChI is InChI=1S/C7H10F3N3O2/c1-2-3(11)4(14)5-12-6(15-13-5)7(8,9)10/h3-4,14H,2,11H2,1H3/t3?,4-/m0/s1. The Labute approximate surface area is 83.1 Å². The van der Waals surface area contributed by atoms with Gasteiger partial charge in [-0.2, -0.15) is 18.2 Å². The number of halogens is 3. The van der Waals surface area contributed by atoms with Gasteiger partial charge in [-0.15, -0.1) is 0 Å². The molecule has 3 N–H and O–H groups in total. The van der Waals surface area contributed by atoms with Gasteiger partial charge in [0.05, 0.1) is 0 Å². The second kappa shape index (κ2) is 4.15. The molecule has 0 saturated carbocycles. The summed E-state index contributed by atoms with van der Waals surface area (Å²) in [6.45, 7) is 1.68. The lowest BCUT2D eigenvalue weighted by Gasteiger charge is -2.12. The molecule has 0 aliphatic rings. The highest BCUT2D eigenvalue weighted by molar-refractivity contribution is 4.96. The van der Waals surface area contributed by atoms with Crippen LogP contribution in [0.1, 0.15) is 31.2 Å². The van der Waals surface area contributed by atoms with Crippen molar-refractivity contribution < 1.29 is 22.8 Å². The Morgan fingerprint density at radius 3 is 2.53 bits per heavy atom. The minimum absolute atomic E-state index is 0.386. The van der Waals surface area contributed by atoms with Crippen LogP contribution in [-0.2, 0) is 6.18 Å². The zero-order chi connectivity index (χ0) is 11.6. The van der Waals surface area contributed by atoms with E-state index in [1.807, 2.05) is 0 Å². The summed E-state index contributed by atoms with van der Waals surface area (Å²) in [6, 6.07) is -0.719. The Morgan fingerprint density at radius 1 is 1.53 bits per heavy atom. The third-order valence-corrected chi connectivity index (χ3v) is 1.83. The van der Waals surface area contributed by atoms with Crippen LogP contribution < -0.4 is 5.73 Å². The molecular weight excluding hydrogens is 215 g/mol. The van der Waals surface area contributed by atoms with Crippen molar-refractivity contribution in [1.29, 1.82) is 0 Å². The molecule has 0 fully saturated rings. The molecule has 0 aliphatic carbocycles. The topological polar surface area (TPSA) is 85.2 Å². The number of aliphatic hydroxyl groups is 1. The number of hydrogen-bond acceptors (Lipinski definition) is 5. The SMILES string of the molecule is CCC(N)[C@H](O)c1noc(C(F)(F)F)n1. The van der Waals surface area contributed by atoms with Crippen LogP contribution in [0.25, 0.3) is 0 Å². The average molecular weight is 225 g/mol. The number of nitrogens with zero attached hydrogens (tertiary/aromatic N) is 2. The quantitative estimate of drug-likeness (QED) is 0.796. The normalized spacial score (nSPS) is 16.4. The fraction of sp³-hybridized carbons (Fsp3) is 0.714. The van der Waals surface area contributed by atoms with E-state index in [2.05, 4.69) is 14.7 Å². The highest BCUT2D eigenvalue weighted by Gasteiger charge is 2.39. The molecule has 1 aromatic rings. The van der Waals surface area contributed by atoms with Crippen LogP contribution in [0.3, 0.4) is 0 Å². The molecule has 86 valence electrons. The molecular formula is C7H10F3N3O2. The first-order valence-corrected chi connectivity index (χ1v) is 4.20. The van der Waals surface area contributed by atoms with E-state index in [1.54, 1.807) is 6.92 Å². The van der Waals surface area contributed by atoms with Gasteiger partial charge < -0.3 is 15.4 Å². The first-order chi connectivity index (χ1) is 6.86. The summed E-state index contributed by atoms with van der Waals surface area (Å²) in [6.07, 6.45) is -5.67. The van der Waals surface area contributed by atoms with Crippen LogP contribution in [0.2, 0.25) is 0 Å². The molecule has 0 saturated heterocycles. The van der Waals surface area contributed by atoms with E-state index in [-0.39, 0.29) is 0 Å². The molecule has 0 radical (unpaired) electrons. The van der Waals surface area contributed by atoms with Crippen LogP contribution in [-0.4, -0.2) is 21.3 Å². The fourth-order valence-electron chi connectivity index (χ4n) is 0.885. The lowest BCUT2D eigenvalue weighted by atomic mass is 10.1. The first kappa shape index (κ1) is 11.9. The summed E-state index contributed by atoms with van der Waals surface area (Å²) >= 11 is 0. The third-order valence-electron chi connectivity index (χ3n) is 1.83. The molecule has 1 aromatic heterocycles. The van der Waals surface area contributed by atoms with Crippen LogP contribution in [0.4, 0.5) is 13.2 Å². The number of aliphatic hydroxyl groups excluding tert-OH is 1. The third kappa shape index (κ3) is 2.66. The predicted octanol–water partition coefficient (Wildman–Crippen LogP) is 0.859. The maximum Gasteiger partial charge on any atom is 0.471 e. The smallest absolute Gasteiger partial charge is 0.383 e. The lowest BCUT2D eigenvalue weighted by molar-refractivity contribution is -0.159. The van der Waals surface area contributed by atoms with Gasteiger partial charge >= 0.3 is 12.1 Å². The van der Waals surface area contributed by atoms with Gasteiger partial charge in [0.1, 0.15) is 6.10 Å². The van der Waals surface area contributed by atoms with Gasteiger partial charge in [0.2, 0.25) is 5.82 Å². The van der Waals surface area contributed by atoms with E-state index in [1.165, 1.54) is 0 Å². The number of aromatic nitrogens is 2. The second-order valence-corrected chi connectivity index (χ2v) is 2.97. The maximum absolute atomic E-state index is 12.0. The number of hydrogen-bond donors (Lipinski definition) is 2. The molecule has 1 unspecified atom stereocenters. The molecule has 0 bridgehead atoms. The van der Waals surface area contributed by atoms with Gasteiger partial charge in [-0.25, -0.2) is 0 Å². The maximum atomic E-state index is 12.0. The fourth-order valence-corrected chi connectivity index (χ4v) is 0.885. The summed E-state index contributed by atoms with van der Waals surface area (Å²) in [5, 5.41) is 12.4. The van der Waals surface area contributed by atoms with Gasteiger partial charge in [0, 0.05) is 6.04 Å². The highest BCUT2D eigenvalue weighted by atomic mass is 19.4. The van der Waals surface area contributed by atoms with Crippen LogP contribution in [0.15, 0.2) is 4.52 Å². The van der Waals surface area contributed by atoms with Crippen molar-refractivity contribution in [3.63, 3.8) is 0 Å². The molecule has 0 aliphatic heterocycles. The first-order valence-electron chi connectivity index (χ1n) is 4.20. The Hall–Kier alpha value is -1.15. The Morgan fingerprint density at radius 2 is 2.13 bits per heavy atom. The minimum atomic E-state index is -4.71. The summed E-state index contributed by atoms with van der Waals surface area (Å²) in [5.41, 5.74) is 5.41. The number of rotatable bonds is 3. The lowest BCUT2D eigenvalue weighted by Crippen LogP contribution is -2.28. The highest BCUT2D eigenvalue weighted by Crippen LogP contribution is 2.28. The molecule has 1 rings (SSSR count). The van der Waals surface area contributed by atoms with Gasteiger partial charge in [-0.3, -0.25) is 0 Å². The number of nitrogens with two attached hydrogens (primary N) is 1. The van der Waals surface area contributed by atoms with Gasteiger partial charge in [0.15, 0.2) is 0 Å². The molecule has 0 aromatic carbocycles. The van der Waals surface area contributed by atoms with E-state index in [0.717, 1.165) is 0 Å². The Bertz CT molecular complexity index is 326. The van der Waals surface area contributed by atoms with Gasteiger partial charge in [0.25, 0.3) is 0 Å². The van der Waals surface area contributed by atoms with Crippen molar-refractivity contribution in [3.8, 4) is 0 Å². The van der Waals surface area contributed by atoms with Crippen LogP contribution in [0, 0.1) is 0 Å². The molecule has 8 heteroatoms. The Kier molecular flexibility index (Phi) is 3.30. The zero-order valence-electron chi connectivity index (χ0n) is 7.82. The molecule has 0 spiro atoms. The summed E-state index contributed by atoms with van der Waals surface area (Å²) in [7, 11) is 0. The van der Waals surface area contributed by atoms with Crippen LogP contribution >= 0.6 is 0 Å².